The fourth-order valence-electron chi connectivity index (χ4n) is 2.09. The highest BCUT2D eigenvalue weighted by molar-refractivity contribution is 5.96. The van der Waals surface area contributed by atoms with E-state index in [1.165, 1.54) is 14.0 Å². The van der Waals surface area contributed by atoms with Gasteiger partial charge in [0.15, 0.2) is 5.78 Å². The van der Waals surface area contributed by atoms with Gasteiger partial charge in [0.05, 0.1) is 19.2 Å². The van der Waals surface area contributed by atoms with E-state index in [2.05, 4.69) is 5.32 Å². The van der Waals surface area contributed by atoms with Gasteiger partial charge in [-0.1, -0.05) is 0 Å². The maximum absolute atomic E-state index is 13.5. The number of amides is 1. The van der Waals surface area contributed by atoms with Crippen molar-refractivity contribution in [2.24, 2.45) is 0 Å². The van der Waals surface area contributed by atoms with E-state index in [9.17, 15) is 18.4 Å². The van der Waals surface area contributed by atoms with Crippen molar-refractivity contribution in [3.63, 3.8) is 0 Å². The van der Waals surface area contributed by atoms with Gasteiger partial charge in [-0.15, -0.1) is 0 Å². The van der Waals surface area contributed by atoms with Gasteiger partial charge in [-0.05, 0) is 37.3 Å². The summed E-state index contributed by atoms with van der Waals surface area (Å²) in [6.07, 6.45) is -0.110. The van der Waals surface area contributed by atoms with Gasteiger partial charge >= 0.3 is 0 Å². The second-order valence-corrected chi connectivity index (χ2v) is 4.93. The summed E-state index contributed by atoms with van der Waals surface area (Å²) in [6.45, 7) is 1.42. The van der Waals surface area contributed by atoms with Crippen LogP contribution in [-0.2, 0) is 11.2 Å². The van der Waals surface area contributed by atoms with Crippen molar-refractivity contribution in [3.05, 3.63) is 59.2 Å². The summed E-state index contributed by atoms with van der Waals surface area (Å²) in [4.78, 5) is 23.5. The summed E-state index contributed by atoms with van der Waals surface area (Å²) in [5, 5.41) is 2.36. The minimum Gasteiger partial charge on any atom is -0.496 e. The molecule has 2 aromatic carbocycles. The maximum atomic E-state index is 13.5. The predicted molar refractivity (Wildman–Crippen MR) is 81.7 cm³/mol. The molecule has 0 aliphatic carbocycles. The summed E-state index contributed by atoms with van der Waals surface area (Å²) >= 11 is 0. The van der Waals surface area contributed by atoms with Gasteiger partial charge in [-0.3, -0.25) is 9.59 Å². The lowest BCUT2D eigenvalue weighted by molar-refractivity contribution is -0.115. The molecule has 0 heterocycles. The molecule has 0 fully saturated rings. The predicted octanol–water partition coefficient (Wildman–Crippen LogP) is 3.36. The standard InChI is InChI=1S/C17H15F2NO3/c1-10(21)11-3-6-16(23-2)12(7-11)8-17(22)20-15-5-4-13(18)9-14(15)19/h3-7,9H,8H2,1-2H3,(H,20,22). The molecule has 0 radical (unpaired) electrons. The molecule has 0 aliphatic heterocycles. The number of rotatable bonds is 5. The van der Waals surface area contributed by atoms with E-state index >= 15 is 0 Å². The Bertz CT molecular complexity index is 759. The number of ketones is 1. The van der Waals surface area contributed by atoms with Crippen LogP contribution in [0, 0.1) is 11.6 Å². The quantitative estimate of drug-likeness (QED) is 0.860. The molecule has 1 amide bonds. The SMILES string of the molecule is COc1ccc(C(C)=O)cc1CC(=O)Nc1ccc(F)cc1F. The van der Waals surface area contributed by atoms with Crippen LogP contribution in [0.1, 0.15) is 22.8 Å². The Hall–Kier alpha value is -2.76. The highest BCUT2D eigenvalue weighted by atomic mass is 19.1. The zero-order valence-corrected chi connectivity index (χ0v) is 12.7. The van der Waals surface area contributed by atoms with E-state index in [4.69, 9.17) is 4.74 Å². The molecule has 23 heavy (non-hydrogen) atoms. The van der Waals surface area contributed by atoms with Crippen LogP contribution in [0.25, 0.3) is 0 Å². The summed E-state index contributed by atoms with van der Waals surface area (Å²) in [5.41, 5.74) is 0.833. The van der Waals surface area contributed by atoms with Crippen molar-refractivity contribution in [3.8, 4) is 5.75 Å². The van der Waals surface area contributed by atoms with E-state index in [1.807, 2.05) is 0 Å². The average Bonchev–Trinajstić information content (AvgIpc) is 2.50. The van der Waals surface area contributed by atoms with Gasteiger partial charge in [-0.25, -0.2) is 8.78 Å². The molecule has 2 aromatic rings. The van der Waals surface area contributed by atoms with Crippen molar-refractivity contribution in [1.29, 1.82) is 0 Å². The van der Waals surface area contributed by atoms with Gasteiger partial charge in [0.2, 0.25) is 5.91 Å². The van der Waals surface area contributed by atoms with Crippen LogP contribution in [0.3, 0.4) is 0 Å². The molecular formula is C17H15F2NO3. The normalized spacial score (nSPS) is 10.3. The fraction of sp³-hybridized carbons (Fsp3) is 0.176. The largest absolute Gasteiger partial charge is 0.496 e. The highest BCUT2D eigenvalue weighted by Gasteiger charge is 2.13. The van der Waals surface area contributed by atoms with Crippen molar-refractivity contribution in [1.82, 2.24) is 0 Å². The molecule has 0 bridgehead atoms. The Kier molecular flexibility index (Phi) is 5.05. The molecule has 0 spiro atoms. The number of benzene rings is 2. The lowest BCUT2D eigenvalue weighted by Crippen LogP contribution is -2.16. The number of carbonyl (C=O) groups is 2. The van der Waals surface area contributed by atoms with E-state index < -0.39 is 17.5 Å². The number of anilines is 1. The first-order valence-corrected chi connectivity index (χ1v) is 6.83. The van der Waals surface area contributed by atoms with E-state index in [0.717, 1.165) is 12.1 Å². The number of methoxy groups -OCH3 is 1. The van der Waals surface area contributed by atoms with Crippen molar-refractivity contribution >= 4 is 17.4 Å². The number of hydrogen-bond acceptors (Lipinski definition) is 3. The van der Waals surface area contributed by atoms with E-state index in [1.54, 1.807) is 18.2 Å². The van der Waals surface area contributed by atoms with Gasteiger partial charge < -0.3 is 10.1 Å². The lowest BCUT2D eigenvalue weighted by Gasteiger charge is -2.11. The number of nitrogens with one attached hydrogen (secondary N) is 1. The van der Waals surface area contributed by atoms with Crippen LogP contribution in [0.2, 0.25) is 0 Å². The third-order valence-electron chi connectivity index (χ3n) is 3.24. The van der Waals surface area contributed by atoms with Gasteiger partial charge in [0, 0.05) is 17.2 Å². The number of hydrogen-bond donors (Lipinski definition) is 1. The molecule has 0 aliphatic rings. The minimum atomic E-state index is -0.859. The second kappa shape index (κ2) is 7.00. The molecule has 1 N–H and O–H groups in total. The third kappa shape index (κ3) is 4.12. The Balaban J connectivity index is 2.19. The van der Waals surface area contributed by atoms with Crippen LogP contribution < -0.4 is 10.1 Å². The Morgan fingerprint density at radius 2 is 1.87 bits per heavy atom. The Labute approximate surface area is 132 Å². The van der Waals surface area contributed by atoms with Gasteiger partial charge in [-0.2, -0.15) is 0 Å². The van der Waals surface area contributed by atoms with E-state index in [0.29, 0.717) is 22.9 Å². The topological polar surface area (TPSA) is 55.4 Å². The lowest BCUT2D eigenvalue weighted by atomic mass is 10.0. The maximum Gasteiger partial charge on any atom is 0.229 e. The zero-order chi connectivity index (χ0) is 17.0. The number of Topliss-reactive ketones (excluding diaryl/α,β-unsaturated/α-hetero) is 1. The Morgan fingerprint density at radius 1 is 1.13 bits per heavy atom. The molecule has 0 atom stereocenters. The van der Waals surface area contributed by atoms with Crippen LogP contribution in [0.5, 0.6) is 5.75 Å². The minimum absolute atomic E-state index is 0.110. The molecular weight excluding hydrogens is 304 g/mol. The van der Waals surface area contributed by atoms with Crippen molar-refractivity contribution < 1.29 is 23.1 Å². The first kappa shape index (κ1) is 16.6. The molecule has 0 unspecified atom stereocenters. The molecule has 0 saturated carbocycles. The first-order chi connectivity index (χ1) is 10.9. The second-order valence-electron chi connectivity index (χ2n) is 4.93. The monoisotopic (exact) mass is 319 g/mol. The molecule has 2 rings (SSSR count). The highest BCUT2D eigenvalue weighted by Crippen LogP contribution is 2.22. The summed E-state index contributed by atoms with van der Waals surface area (Å²) in [7, 11) is 1.45. The molecule has 6 heteroatoms. The zero-order valence-electron chi connectivity index (χ0n) is 12.7. The van der Waals surface area contributed by atoms with Crippen LogP contribution in [0.4, 0.5) is 14.5 Å². The molecule has 0 saturated heterocycles. The molecule has 4 nitrogen and oxygen atoms in total. The fourth-order valence-corrected chi connectivity index (χ4v) is 2.09. The first-order valence-electron chi connectivity index (χ1n) is 6.83. The van der Waals surface area contributed by atoms with Crippen LogP contribution in [0.15, 0.2) is 36.4 Å². The number of halogens is 2. The summed E-state index contributed by atoms with van der Waals surface area (Å²) in [6, 6.07) is 7.63. The Morgan fingerprint density at radius 3 is 2.48 bits per heavy atom. The van der Waals surface area contributed by atoms with Gasteiger partial charge in [0.25, 0.3) is 0 Å². The smallest absolute Gasteiger partial charge is 0.229 e. The summed E-state index contributed by atoms with van der Waals surface area (Å²) < 4.78 is 31.5. The van der Waals surface area contributed by atoms with Crippen molar-refractivity contribution in [2.45, 2.75) is 13.3 Å². The van der Waals surface area contributed by atoms with Crippen LogP contribution >= 0.6 is 0 Å². The molecule has 120 valence electrons. The summed E-state index contributed by atoms with van der Waals surface area (Å²) in [5.74, 6) is -1.78. The number of carbonyl (C=O) groups excluding carboxylic acids is 2. The third-order valence-corrected chi connectivity index (χ3v) is 3.24. The van der Waals surface area contributed by atoms with E-state index in [-0.39, 0.29) is 17.9 Å². The van der Waals surface area contributed by atoms with Crippen molar-refractivity contribution in [2.75, 3.05) is 12.4 Å². The van der Waals surface area contributed by atoms with Gasteiger partial charge in [0.1, 0.15) is 17.4 Å². The average molecular weight is 319 g/mol. The van der Waals surface area contributed by atoms with Crippen LogP contribution in [-0.4, -0.2) is 18.8 Å². The molecule has 0 aromatic heterocycles. The number of ether oxygens (including phenoxy) is 1.